The highest BCUT2D eigenvalue weighted by atomic mass is 16.5. The minimum absolute atomic E-state index is 0.255. The van der Waals surface area contributed by atoms with Gasteiger partial charge in [-0.25, -0.2) is 0 Å². The van der Waals surface area contributed by atoms with Gasteiger partial charge in [-0.15, -0.1) is 0 Å². The number of nitrogens with zero attached hydrogens (tertiary/aromatic N) is 3. The molecule has 2 aromatic carbocycles. The Morgan fingerprint density at radius 2 is 1.91 bits per heavy atom. The molecule has 0 unspecified atom stereocenters. The third-order valence-electron chi connectivity index (χ3n) is 7.25. The van der Waals surface area contributed by atoms with E-state index in [4.69, 9.17) is 9.47 Å². The minimum atomic E-state index is -0.255. The number of ether oxygens (including phenoxy) is 2. The van der Waals surface area contributed by atoms with Crippen molar-refractivity contribution in [2.75, 3.05) is 26.7 Å². The fourth-order valence-corrected chi connectivity index (χ4v) is 5.19. The maximum absolute atomic E-state index is 9.98. The molecule has 0 bridgehead atoms. The molecule has 35 heavy (non-hydrogen) atoms. The highest BCUT2D eigenvalue weighted by Gasteiger charge is 2.34. The van der Waals surface area contributed by atoms with Crippen LogP contribution in [0, 0.1) is 16.7 Å². The Balaban J connectivity index is 1.30. The van der Waals surface area contributed by atoms with Gasteiger partial charge in [-0.3, -0.25) is 4.98 Å². The molecule has 1 aromatic heterocycles. The van der Waals surface area contributed by atoms with Gasteiger partial charge in [0, 0.05) is 23.9 Å². The minimum Gasteiger partial charge on any atom is -0.497 e. The van der Waals surface area contributed by atoms with Crippen LogP contribution in [0.1, 0.15) is 41.6 Å². The molecule has 2 aliphatic heterocycles. The summed E-state index contributed by atoms with van der Waals surface area (Å²) in [5.41, 5.74) is 5.25. The highest BCUT2D eigenvalue weighted by molar-refractivity contribution is 5.85. The number of likely N-dealkylation sites (tertiary alicyclic amines) is 1. The van der Waals surface area contributed by atoms with Crippen LogP contribution in [0.4, 0.5) is 0 Å². The first-order chi connectivity index (χ1) is 17.2. The molecule has 0 N–H and O–H groups in total. The maximum Gasteiger partial charge on any atom is 0.131 e. The van der Waals surface area contributed by atoms with Crippen LogP contribution in [-0.4, -0.2) is 36.6 Å². The molecular weight excluding hydrogens is 434 g/mol. The lowest BCUT2D eigenvalue weighted by atomic mass is 9.75. The second-order valence-corrected chi connectivity index (χ2v) is 9.45. The molecule has 3 heterocycles. The Bertz CT molecular complexity index is 1240. The summed E-state index contributed by atoms with van der Waals surface area (Å²) in [5, 5.41) is 9.98. The van der Waals surface area contributed by atoms with Gasteiger partial charge in [0.15, 0.2) is 0 Å². The normalized spacial score (nSPS) is 18.0. The molecule has 0 spiro atoms. The lowest BCUT2D eigenvalue weighted by Crippen LogP contribution is -2.40. The van der Waals surface area contributed by atoms with Gasteiger partial charge >= 0.3 is 0 Å². The second-order valence-electron chi connectivity index (χ2n) is 9.45. The molecule has 1 fully saturated rings. The number of methoxy groups -OCH3 is 1. The zero-order valence-electron chi connectivity index (χ0n) is 20.2. The van der Waals surface area contributed by atoms with E-state index in [1.807, 2.05) is 30.5 Å². The molecule has 1 saturated heterocycles. The Kier molecular flexibility index (Phi) is 6.83. The van der Waals surface area contributed by atoms with Crippen LogP contribution in [0.5, 0.6) is 11.5 Å². The van der Waals surface area contributed by atoms with E-state index in [1.54, 1.807) is 7.11 Å². The van der Waals surface area contributed by atoms with Gasteiger partial charge in [0.2, 0.25) is 0 Å². The van der Waals surface area contributed by atoms with Crippen LogP contribution in [0.25, 0.3) is 5.57 Å². The lowest BCUT2D eigenvalue weighted by Gasteiger charge is -2.37. The Labute approximate surface area is 207 Å². The van der Waals surface area contributed by atoms with Crippen LogP contribution in [0.3, 0.4) is 0 Å². The first-order valence-corrected chi connectivity index (χ1v) is 12.3. The molecule has 5 nitrogen and oxygen atoms in total. The van der Waals surface area contributed by atoms with E-state index in [0.717, 1.165) is 79.2 Å². The average molecular weight is 466 g/mol. The number of fused-ring (bicyclic) bond motifs is 2. The first-order valence-electron chi connectivity index (χ1n) is 12.3. The van der Waals surface area contributed by atoms with Gasteiger partial charge in [0.05, 0.1) is 24.3 Å². The third kappa shape index (κ3) is 5.08. The first kappa shape index (κ1) is 23.1. The quantitative estimate of drug-likeness (QED) is 0.471. The standard InChI is InChI=1S/C30H31N3O2/c1-34-24-11-12-29-27(19-24)25(26-9-5-15-32-28(26)21-35-29)10-6-16-33-17-13-30(22-31,14-18-33)20-23-7-3-2-4-8-23/h2-5,7-12,15,19H,6,13-14,16-18,20-21H2,1H3/b25-10+. The van der Waals surface area contributed by atoms with Crippen molar-refractivity contribution >= 4 is 5.57 Å². The molecule has 3 aromatic rings. The van der Waals surface area contributed by atoms with Crippen LogP contribution < -0.4 is 9.47 Å². The Morgan fingerprint density at radius 1 is 1.09 bits per heavy atom. The second kappa shape index (κ2) is 10.3. The predicted molar refractivity (Wildman–Crippen MR) is 137 cm³/mol. The van der Waals surface area contributed by atoms with Crippen LogP contribution >= 0.6 is 0 Å². The number of hydrogen-bond acceptors (Lipinski definition) is 5. The summed E-state index contributed by atoms with van der Waals surface area (Å²) in [5.74, 6) is 1.67. The van der Waals surface area contributed by atoms with E-state index >= 15 is 0 Å². The van der Waals surface area contributed by atoms with Crippen molar-refractivity contribution in [3.05, 3.63) is 95.3 Å². The van der Waals surface area contributed by atoms with Crippen molar-refractivity contribution in [1.82, 2.24) is 9.88 Å². The van der Waals surface area contributed by atoms with Gasteiger partial charge in [-0.2, -0.15) is 5.26 Å². The molecule has 178 valence electrons. The fraction of sp³-hybridized carbons (Fsp3) is 0.333. The van der Waals surface area contributed by atoms with Crippen molar-refractivity contribution in [3.8, 4) is 17.6 Å². The zero-order chi connectivity index (χ0) is 24.1. The number of hydrogen-bond donors (Lipinski definition) is 0. The average Bonchev–Trinajstić information content (AvgIpc) is 3.07. The van der Waals surface area contributed by atoms with Gasteiger partial charge in [0.1, 0.15) is 18.1 Å². The highest BCUT2D eigenvalue weighted by Crippen LogP contribution is 2.39. The summed E-state index contributed by atoms with van der Waals surface area (Å²) in [6.07, 6.45) is 7.71. The van der Waals surface area contributed by atoms with Crippen molar-refractivity contribution in [2.24, 2.45) is 5.41 Å². The summed E-state index contributed by atoms with van der Waals surface area (Å²) in [4.78, 5) is 7.06. The predicted octanol–water partition coefficient (Wildman–Crippen LogP) is 5.65. The molecule has 2 aliphatic rings. The topological polar surface area (TPSA) is 58.4 Å². The monoisotopic (exact) mass is 465 g/mol. The molecule has 0 amide bonds. The van der Waals surface area contributed by atoms with Crippen LogP contribution in [0.15, 0.2) is 72.9 Å². The van der Waals surface area contributed by atoms with E-state index < -0.39 is 0 Å². The van der Waals surface area contributed by atoms with Crippen LogP contribution in [0.2, 0.25) is 0 Å². The summed E-state index contributed by atoms with van der Waals surface area (Å²) in [7, 11) is 1.69. The van der Waals surface area contributed by atoms with Crippen LogP contribution in [-0.2, 0) is 13.0 Å². The van der Waals surface area contributed by atoms with E-state index in [1.165, 1.54) is 5.56 Å². The molecule has 5 rings (SSSR count). The van der Waals surface area contributed by atoms with Gasteiger partial charge < -0.3 is 14.4 Å². The van der Waals surface area contributed by atoms with Crippen molar-refractivity contribution in [1.29, 1.82) is 5.26 Å². The number of piperidine rings is 1. The molecule has 0 atom stereocenters. The van der Waals surface area contributed by atoms with E-state index in [9.17, 15) is 5.26 Å². The number of benzene rings is 2. The maximum atomic E-state index is 9.98. The number of nitriles is 1. The van der Waals surface area contributed by atoms with E-state index in [-0.39, 0.29) is 5.41 Å². The van der Waals surface area contributed by atoms with Gasteiger partial charge in [-0.05, 0) is 74.2 Å². The summed E-state index contributed by atoms with van der Waals surface area (Å²) < 4.78 is 11.6. The molecule has 0 saturated carbocycles. The largest absolute Gasteiger partial charge is 0.497 e. The van der Waals surface area contributed by atoms with Gasteiger partial charge in [0.25, 0.3) is 0 Å². The summed E-state index contributed by atoms with van der Waals surface area (Å²) >= 11 is 0. The van der Waals surface area contributed by atoms with Crippen molar-refractivity contribution in [2.45, 2.75) is 32.3 Å². The van der Waals surface area contributed by atoms with Crippen molar-refractivity contribution in [3.63, 3.8) is 0 Å². The third-order valence-corrected chi connectivity index (χ3v) is 7.25. The summed E-state index contributed by atoms with van der Waals surface area (Å²) in [6, 6.07) is 23.1. The molecular formula is C30H31N3O2. The van der Waals surface area contributed by atoms with Gasteiger partial charge in [-0.1, -0.05) is 42.5 Å². The zero-order valence-corrected chi connectivity index (χ0v) is 20.2. The SMILES string of the molecule is COc1ccc2c(c1)/C(=C/CCN1CCC(C#N)(Cc3ccccc3)CC1)c1cccnc1CO2. The fourth-order valence-electron chi connectivity index (χ4n) is 5.19. The van der Waals surface area contributed by atoms with E-state index in [2.05, 4.69) is 58.4 Å². The van der Waals surface area contributed by atoms with Crippen molar-refractivity contribution < 1.29 is 9.47 Å². The Morgan fingerprint density at radius 3 is 2.69 bits per heavy atom. The lowest BCUT2D eigenvalue weighted by molar-refractivity contribution is 0.146. The summed E-state index contributed by atoms with van der Waals surface area (Å²) in [6.45, 7) is 3.33. The van der Waals surface area contributed by atoms with E-state index in [0.29, 0.717) is 6.61 Å². The number of pyridine rings is 1. The number of rotatable bonds is 6. The number of aromatic nitrogens is 1. The molecule has 0 radical (unpaired) electrons. The Hall–Kier alpha value is -3.62. The smallest absolute Gasteiger partial charge is 0.131 e. The molecule has 0 aliphatic carbocycles. The molecule has 5 heteroatoms.